The maximum absolute atomic E-state index is 5.25. The molecule has 1 aromatic carbocycles. The molecule has 1 fully saturated rings. The number of aliphatic imine (C=N–C) groups is 1. The number of halogens is 1. The lowest BCUT2D eigenvalue weighted by molar-refractivity contribution is 0.414. The first-order chi connectivity index (χ1) is 12.3. The lowest BCUT2D eigenvalue weighted by Gasteiger charge is -2.21. The zero-order valence-corrected chi connectivity index (χ0v) is 17.7. The van der Waals surface area contributed by atoms with Gasteiger partial charge in [-0.15, -0.1) is 24.0 Å². The second kappa shape index (κ2) is 10.4. The summed E-state index contributed by atoms with van der Waals surface area (Å²) >= 11 is 0. The Balaban J connectivity index is 0.00000243. The minimum absolute atomic E-state index is 0. The molecule has 0 aliphatic carbocycles. The zero-order valence-electron chi connectivity index (χ0n) is 15.4. The Morgan fingerprint density at radius 1 is 1.27 bits per heavy atom. The molecule has 1 aliphatic heterocycles. The topological polar surface area (TPSA) is 49.8 Å². The summed E-state index contributed by atoms with van der Waals surface area (Å²) in [7, 11) is 1.70. The molecule has 26 heavy (non-hydrogen) atoms. The number of hydrogen-bond donors (Lipinski definition) is 1. The minimum atomic E-state index is 0. The summed E-state index contributed by atoms with van der Waals surface area (Å²) in [6.07, 6.45) is 2.95. The summed E-state index contributed by atoms with van der Waals surface area (Å²) in [6.45, 7) is 5.58. The Kier molecular flexibility index (Phi) is 8.15. The first-order valence-corrected chi connectivity index (χ1v) is 8.87. The van der Waals surface area contributed by atoms with Crippen molar-refractivity contribution in [3.63, 3.8) is 0 Å². The minimum Gasteiger partial charge on any atom is -0.497 e. The predicted octanol–water partition coefficient (Wildman–Crippen LogP) is 3.66. The number of nitrogens with one attached hydrogen (secondary N) is 1. The van der Waals surface area contributed by atoms with Crippen LogP contribution in [0.15, 0.2) is 53.7 Å². The molecule has 0 bridgehead atoms. The third-order valence-corrected chi connectivity index (χ3v) is 4.53. The normalized spacial score (nSPS) is 16.9. The maximum Gasteiger partial charge on any atom is 0.194 e. The monoisotopic (exact) mass is 466 g/mol. The number of aromatic nitrogens is 1. The van der Waals surface area contributed by atoms with E-state index in [4.69, 9.17) is 9.73 Å². The van der Waals surface area contributed by atoms with Crippen LogP contribution in [0.25, 0.3) is 0 Å². The average Bonchev–Trinajstić information content (AvgIpc) is 3.16. The van der Waals surface area contributed by atoms with Crippen LogP contribution in [0.4, 0.5) is 0 Å². The number of hydrogen-bond acceptors (Lipinski definition) is 3. The largest absolute Gasteiger partial charge is 0.497 e. The van der Waals surface area contributed by atoms with Gasteiger partial charge in [-0.3, -0.25) is 4.98 Å². The number of nitrogens with zero attached hydrogens (tertiary/aromatic N) is 3. The molecule has 1 N–H and O–H groups in total. The first kappa shape index (κ1) is 20.5. The van der Waals surface area contributed by atoms with E-state index in [0.717, 1.165) is 43.5 Å². The highest BCUT2D eigenvalue weighted by Gasteiger charge is 2.26. The molecule has 0 amide bonds. The van der Waals surface area contributed by atoms with Crippen molar-refractivity contribution >= 4 is 29.9 Å². The van der Waals surface area contributed by atoms with Crippen LogP contribution >= 0.6 is 24.0 Å². The molecule has 1 saturated heterocycles. The van der Waals surface area contributed by atoms with Gasteiger partial charge in [-0.25, -0.2) is 4.99 Å². The van der Waals surface area contributed by atoms with Crippen molar-refractivity contribution in [3.8, 4) is 5.75 Å². The third kappa shape index (κ3) is 5.33. The Morgan fingerprint density at radius 3 is 2.73 bits per heavy atom. The van der Waals surface area contributed by atoms with E-state index in [9.17, 15) is 0 Å². The summed E-state index contributed by atoms with van der Waals surface area (Å²) in [5.74, 6) is 2.41. The van der Waals surface area contributed by atoms with Gasteiger partial charge in [-0.2, -0.15) is 0 Å². The molecular weight excluding hydrogens is 439 g/mol. The summed E-state index contributed by atoms with van der Waals surface area (Å²) < 4.78 is 5.25. The molecule has 140 valence electrons. The van der Waals surface area contributed by atoms with Gasteiger partial charge in [0.25, 0.3) is 0 Å². The molecule has 0 saturated carbocycles. The van der Waals surface area contributed by atoms with Crippen molar-refractivity contribution in [2.45, 2.75) is 25.8 Å². The standard InChI is InChI=1S/C20H26N4O.HI/c1-3-21-20(23-14-18-6-4-5-12-22-18)24-13-11-17(15-24)16-7-9-19(25-2)10-8-16;/h4-10,12,17H,3,11,13-15H2,1-2H3,(H,21,23);1H. The fourth-order valence-corrected chi connectivity index (χ4v) is 3.17. The van der Waals surface area contributed by atoms with Gasteiger partial charge in [-0.05, 0) is 43.2 Å². The van der Waals surface area contributed by atoms with Crippen molar-refractivity contribution in [1.29, 1.82) is 0 Å². The van der Waals surface area contributed by atoms with E-state index in [0.29, 0.717) is 12.5 Å². The molecule has 2 aromatic rings. The van der Waals surface area contributed by atoms with Gasteiger partial charge in [0, 0.05) is 31.7 Å². The van der Waals surface area contributed by atoms with Crippen molar-refractivity contribution < 1.29 is 4.74 Å². The van der Waals surface area contributed by atoms with Gasteiger partial charge < -0.3 is 15.0 Å². The number of methoxy groups -OCH3 is 1. The van der Waals surface area contributed by atoms with E-state index < -0.39 is 0 Å². The number of pyridine rings is 1. The second-order valence-electron chi connectivity index (χ2n) is 6.20. The van der Waals surface area contributed by atoms with E-state index in [1.807, 2.05) is 36.5 Å². The highest BCUT2D eigenvalue weighted by atomic mass is 127. The SMILES string of the molecule is CCNC(=NCc1ccccn1)N1CCC(c2ccc(OC)cc2)C1.I. The smallest absolute Gasteiger partial charge is 0.194 e. The summed E-state index contributed by atoms with van der Waals surface area (Å²) in [5, 5.41) is 3.41. The number of rotatable bonds is 5. The molecule has 0 radical (unpaired) electrons. The van der Waals surface area contributed by atoms with Crippen LogP contribution in [0.5, 0.6) is 5.75 Å². The van der Waals surface area contributed by atoms with E-state index >= 15 is 0 Å². The van der Waals surface area contributed by atoms with E-state index in [2.05, 4.69) is 34.3 Å². The Labute approximate surface area is 172 Å². The van der Waals surface area contributed by atoms with E-state index in [-0.39, 0.29) is 24.0 Å². The van der Waals surface area contributed by atoms with Crippen LogP contribution < -0.4 is 10.1 Å². The summed E-state index contributed by atoms with van der Waals surface area (Å²) in [6, 6.07) is 14.4. The summed E-state index contributed by atoms with van der Waals surface area (Å²) in [4.78, 5) is 11.5. The zero-order chi connectivity index (χ0) is 17.5. The van der Waals surface area contributed by atoms with Crippen molar-refractivity contribution in [1.82, 2.24) is 15.2 Å². The van der Waals surface area contributed by atoms with Crippen molar-refractivity contribution in [2.24, 2.45) is 4.99 Å². The van der Waals surface area contributed by atoms with Crippen LogP contribution in [-0.2, 0) is 6.54 Å². The number of ether oxygens (including phenoxy) is 1. The van der Waals surface area contributed by atoms with Crippen molar-refractivity contribution in [2.75, 3.05) is 26.7 Å². The average molecular weight is 466 g/mol. The van der Waals surface area contributed by atoms with Crippen LogP contribution in [0, 0.1) is 0 Å². The molecule has 1 atom stereocenters. The van der Waals surface area contributed by atoms with Crippen LogP contribution in [-0.4, -0.2) is 42.6 Å². The molecule has 6 heteroatoms. The predicted molar refractivity (Wildman–Crippen MR) is 116 cm³/mol. The second-order valence-corrected chi connectivity index (χ2v) is 6.20. The van der Waals surface area contributed by atoms with Crippen LogP contribution in [0.1, 0.15) is 30.5 Å². The Hall–Kier alpha value is -1.83. The lowest BCUT2D eigenvalue weighted by atomic mass is 9.98. The molecule has 1 unspecified atom stereocenters. The fraction of sp³-hybridized carbons (Fsp3) is 0.400. The van der Waals surface area contributed by atoms with Gasteiger partial charge in [0.2, 0.25) is 0 Å². The van der Waals surface area contributed by atoms with E-state index in [1.165, 1.54) is 5.56 Å². The quantitative estimate of drug-likeness (QED) is 0.415. The summed E-state index contributed by atoms with van der Waals surface area (Å²) in [5.41, 5.74) is 2.35. The molecule has 0 spiro atoms. The molecule has 2 heterocycles. The molecule has 5 nitrogen and oxygen atoms in total. The van der Waals surface area contributed by atoms with E-state index in [1.54, 1.807) is 7.11 Å². The molecule has 3 rings (SSSR count). The highest BCUT2D eigenvalue weighted by Crippen LogP contribution is 2.28. The fourth-order valence-electron chi connectivity index (χ4n) is 3.17. The highest BCUT2D eigenvalue weighted by molar-refractivity contribution is 14.0. The Bertz CT molecular complexity index is 691. The molecule has 1 aromatic heterocycles. The maximum atomic E-state index is 5.25. The third-order valence-electron chi connectivity index (χ3n) is 4.53. The van der Waals surface area contributed by atoms with Crippen LogP contribution in [0.2, 0.25) is 0 Å². The van der Waals surface area contributed by atoms with Crippen molar-refractivity contribution in [3.05, 3.63) is 59.9 Å². The molecular formula is C20H27IN4O. The van der Waals surface area contributed by atoms with Gasteiger partial charge in [0.15, 0.2) is 5.96 Å². The van der Waals surface area contributed by atoms with Crippen LogP contribution in [0.3, 0.4) is 0 Å². The van der Waals surface area contributed by atoms with Gasteiger partial charge in [-0.1, -0.05) is 18.2 Å². The number of benzene rings is 1. The Morgan fingerprint density at radius 2 is 2.08 bits per heavy atom. The van der Waals surface area contributed by atoms with Gasteiger partial charge >= 0.3 is 0 Å². The van der Waals surface area contributed by atoms with Gasteiger partial charge in [0.05, 0.1) is 19.3 Å². The number of guanidine groups is 1. The van der Waals surface area contributed by atoms with Gasteiger partial charge in [0.1, 0.15) is 5.75 Å². The molecule has 1 aliphatic rings. The first-order valence-electron chi connectivity index (χ1n) is 8.87. The lowest BCUT2D eigenvalue weighted by Crippen LogP contribution is -2.40. The number of likely N-dealkylation sites (tertiary alicyclic amines) is 1.